The molecule has 4 nitrogen and oxygen atoms in total. The van der Waals surface area contributed by atoms with Crippen molar-refractivity contribution in [2.45, 2.75) is 18.9 Å². The lowest BCUT2D eigenvalue weighted by Gasteiger charge is -2.35. The molecule has 1 saturated heterocycles. The van der Waals surface area contributed by atoms with E-state index in [4.69, 9.17) is 0 Å². The Labute approximate surface area is 113 Å². The quantitative estimate of drug-likeness (QED) is 0.705. The van der Waals surface area contributed by atoms with E-state index in [0.717, 1.165) is 13.1 Å². The van der Waals surface area contributed by atoms with Gasteiger partial charge in [-0.1, -0.05) is 15.9 Å². The Morgan fingerprint density at radius 3 is 2.41 bits per heavy atom. The van der Waals surface area contributed by atoms with Gasteiger partial charge in [-0.2, -0.15) is 0 Å². The van der Waals surface area contributed by atoms with Crippen molar-refractivity contribution in [1.29, 1.82) is 0 Å². The van der Waals surface area contributed by atoms with Crippen LogP contribution in [0.1, 0.15) is 12.8 Å². The highest BCUT2D eigenvalue weighted by molar-refractivity contribution is 9.09. The van der Waals surface area contributed by atoms with Crippen LogP contribution in [0.2, 0.25) is 0 Å². The van der Waals surface area contributed by atoms with Crippen LogP contribution in [-0.2, 0) is 4.79 Å². The van der Waals surface area contributed by atoms with E-state index in [1.807, 2.05) is 7.05 Å². The highest BCUT2D eigenvalue weighted by Crippen LogP contribution is 2.13. The van der Waals surface area contributed by atoms with Gasteiger partial charge in [-0.05, 0) is 40.0 Å². The molecule has 1 amide bonds. The van der Waals surface area contributed by atoms with Crippen molar-refractivity contribution >= 4 is 21.8 Å². The summed E-state index contributed by atoms with van der Waals surface area (Å²) in [6.45, 7) is 4.15. The first-order valence-electron chi connectivity index (χ1n) is 6.23. The van der Waals surface area contributed by atoms with Gasteiger partial charge in [0.2, 0.25) is 5.91 Å². The fourth-order valence-corrected chi connectivity index (χ4v) is 2.58. The molecule has 5 heteroatoms. The van der Waals surface area contributed by atoms with Crippen molar-refractivity contribution in [3.05, 3.63) is 0 Å². The van der Waals surface area contributed by atoms with E-state index in [0.29, 0.717) is 11.4 Å². The number of likely N-dealkylation sites (tertiary alicyclic amines) is 1. The number of hydrogen-bond donors (Lipinski definition) is 0. The molecule has 100 valence electrons. The molecular formula is C12H24BrN3O. The number of carbonyl (C=O) groups excluding carboxylic acids is 1. The predicted octanol–water partition coefficient (Wildman–Crippen LogP) is 0.866. The zero-order chi connectivity index (χ0) is 12.8. The van der Waals surface area contributed by atoms with Crippen molar-refractivity contribution in [2.75, 3.05) is 52.7 Å². The van der Waals surface area contributed by atoms with Crippen LogP contribution in [-0.4, -0.2) is 79.3 Å². The molecule has 1 fully saturated rings. The maximum Gasteiger partial charge on any atom is 0.233 e. The van der Waals surface area contributed by atoms with Gasteiger partial charge >= 0.3 is 0 Å². The lowest BCUT2D eigenvalue weighted by molar-refractivity contribution is -0.127. The zero-order valence-corrected chi connectivity index (χ0v) is 12.7. The first kappa shape index (κ1) is 14.9. The normalized spacial score (nSPS) is 18.6. The molecule has 0 N–H and O–H groups in total. The van der Waals surface area contributed by atoms with Crippen molar-refractivity contribution < 1.29 is 4.79 Å². The maximum atomic E-state index is 11.4. The van der Waals surface area contributed by atoms with E-state index in [2.05, 4.69) is 39.8 Å². The Morgan fingerprint density at radius 2 is 1.88 bits per heavy atom. The minimum absolute atomic E-state index is 0.154. The Bertz CT molecular complexity index is 242. The third-order valence-corrected chi connectivity index (χ3v) is 4.12. The van der Waals surface area contributed by atoms with E-state index >= 15 is 0 Å². The van der Waals surface area contributed by atoms with Gasteiger partial charge in [-0.15, -0.1) is 0 Å². The van der Waals surface area contributed by atoms with E-state index in [1.54, 1.807) is 4.90 Å². The number of rotatable bonds is 5. The van der Waals surface area contributed by atoms with Crippen LogP contribution in [0.4, 0.5) is 0 Å². The number of halogens is 1. The number of likely N-dealkylation sites (N-methyl/N-ethyl adjacent to an activating group) is 2. The highest BCUT2D eigenvalue weighted by atomic mass is 79.9. The number of nitrogens with zero attached hydrogens (tertiary/aromatic N) is 3. The molecule has 0 unspecified atom stereocenters. The number of amides is 1. The summed E-state index contributed by atoms with van der Waals surface area (Å²) in [6.07, 6.45) is 2.48. The van der Waals surface area contributed by atoms with Crippen molar-refractivity contribution in [1.82, 2.24) is 14.7 Å². The van der Waals surface area contributed by atoms with E-state index in [9.17, 15) is 4.79 Å². The molecule has 1 aliphatic heterocycles. The maximum absolute atomic E-state index is 11.4. The average Bonchev–Trinajstić information content (AvgIpc) is 2.35. The molecule has 0 spiro atoms. The molecule has 0 aromatic carbocycles. The van der Waals surface area contributed by atoms with Gasteiger partial charge in [0.05, 0.1) is 5.33 Å². The smallest absolute Gasteiger partial charge is 0.233 e. The third kappa shape index (κ3) is 4.94. The number of alkyl halides is 1. The minimum atomic E-state index is 0.154. The molecule has 0 saturated carbocycles. The van der Waals surface area contributed by atoms with Crippen LogP contribution in [0.5, 0.6) is 0 Å². The number of carbonyl (C=O) groups is 1. The monoisotopic (exact) mass is 305 g/mol. The molecule has 17 heavy (non-hydrogen) atoms. The van der Waals surface area contributed by atoms with Gasteiger partial charge in [0, 0.05) is 26.2 Å². The first-order chi connectivity index (χ1) is 8.04. The Kier molecular flexibility index (Phi) is 6.44. The summed E-state index contributed by atoms with van der Waals surface area (Å²) < 4.78 is 0. The summed E-state index contributed by atoms with van der Waals surface area (Å²) in [4.78, 5) is 18.0. The summed E-state index contributed by atoms with van der Waals surface area (Å²) in [5.74, 6) is 0.154. The van der Waals surface area contributed by atoms with Crippen LogP contribution in [0, 0.1) is 0 Å². The molecule has 0 radical (unpaired) electrons. The molecule has 1 heterocycles. The second-order valence-corrected chi connectivity index (χ2v) is 5.52. The van der Waals surface area contributed by atoms with Crippen LogP contribution in [0.3, 0.4) is 0 Å². The third-order valence-electron chi connectivity index (χ3n) is 3.64. The topological polar surface area (TPSA) is 26.8 Å². The Balaban J connectivity index is 2.25. The first-order valence-corrected chi connectivity index (χ1v) is 7.35. The Hall–Kier alpha value is -0.130. The fraction of sp³-hybridized carbons (Fsp3) is 0.917. The lowest BCUT2D eigenvalue weighted by atomic mass is 10.0. The predicted molar refractivity (Wildman–Crippen MR) is 74.6 cm³/mol. The van der Waals surface area contributed by atoms with Crippen LogP contribution >= 0.6 is 15.9 Å². The summed E-state index contributed by atoms with van der Waals surface area (Å²) >= 11 is 3.20. The summed E-state index contributed by atoms with van der Waals surface area (Å²) in [5, 5.41) is 0.418. The van der Waals surface area contributed by atoms with Crippen molar-refractivity contribution in [3.63, 3.8) is 0 Å². The van der Waals surface area contributed by atoms with Crippen LogP contribution < -0.4 is 0 Å². The molecule has 0 aromatic heterocycles. The molecule has 0 aromatic rings. The van der Waals surface area contributed by atoms with E-state index < -0.39 is 0 Å². The fourth-order valence-electron chi connectivity index (χ4n) is 2.15. The lowest BCUT2D eigenvalue weighted by Crippen LogP contribution is -2.44. The number of hydrogen-bond acceptors (Lipinski definition) is 3. The number of piperidine rings is 1. The van der Waals surface area contributed by atoms with Crippen molar-refractivity contribution in [2.24, 2.45) is 0 Å². The van der Waals surface area contributed by atoms with Crippen LogP contribution in [0.25, 0.3) is 0 Å². The molecular weight excluding hydrogens is 282 g/mol. The standard InChI is InChI=1S/C12H24BrN3O/c1-14-6-4-11(5-7-14)15(2)8-9-16(3)12(17)10-13/h11H,4-10H2,1-3H3. The average molecular weight is 306 g/mol. The van der Waals surface area contributed by atoms with Gasteiger partial charge in [-0.25, -0.2) is 0 Å². The molecule has 0 atom stereocenters. The highest BCUT2D eigenvalue weighted by Gasteiger charge is 2.20. The summed E-state index contributed by atoms with van der Waals surface area (Å²) in [5.41, 5.74) is 0. The molecule has 0 aliphatic carbocycles. The van der Waals surface area contributed by atoms with Crippen molar-refractivity contribution in [3.8, 4) is 0 Å². The summed E-state index contributed by atoms with van der Waals surface area (Å²) in [6, 6.07) is 0.679. The molecule has 0 bridgehead atoms. The molecule has 1 aliphatic rings. The minimum Gasteiger partial charge on any atom is -0.344 e. The van der Waals surface area contributed by atoms with Gasteiger partial charge in [0.1, 0.15) is 0 Å². The summed E-state index contributed by atoms with van der Waals surface area (Å²) in [7, 11) is 6.22. The molecule has 1 rings (SSSR count). The zero-order valence-electron chi connectivity index (χ0n) is 11.2. The van der Waals surface area contributed by atoms with E-state index in [-0.39, 0.29) is 5.91 Å². The van der Waals surface area contributed by atoms with Gasteiger partial charge in [-0.3, -0.25) is 4.79 Å². The largest absolute Gasteiger partial charge is 0.344 e. The second kappa shape index (κ2) is 7.34. The van der Waals surface area contributed by atoms with Gasteiger partial charge < -0.3 is 14.7 Å². The van der Waals surface area contributed by atoms with Gasteiger partial charge in [0.15, 0.2) is 0 Å². The SMILES string of the molecule is CN1CCC(N(C)CCN(C)C(=O)CBr)CC1. The van der Waals surface area contributed by atoms with Gasteiger partial charge in [0.25, 0.3) is 0 Å². The van der Waals surface area contributed by atoms with E-state index in [1.165, 1.54) is 25.9 Å². The second-order valence-electron chi connectivity index (χ2n) is 4.96. The Morgan fingerprint density at radius 1 is 1.29 bits per heavy atom. The van der Waals surface area contributed by atoms with Crippen LogP contribution in [0.15, 0.2) is 0 Å².